The molecule has 1 aromatic heterocycles. The van der Waals surface area contributed by atoms with E-state index in [-0.39, 0.29) is 12.3 Å². The first-order chi connectivity index (χ1) is 13.7. The van der Waals surface area contributed by atoms with Crippen LogP contribution in [-0.2, 0) is 6.54 Å². The number of aromatic carboxylic acids is 1. The van der Waals surface area contributed by atoms with Gasteiger partial charge in [0.25, 0.3) is 0 Å². The molecule has 150 valence electrons. The lowest BCUT2D eigenvalue weighted by molar-refractivity contribution is -0.274. The molecular weight excluding hydrogens is 392 g/mol. The second-order valence-electron chi connectivity index (χ2n) is 5.98. The predicted molar refractivity (Wildman–Crippen MR) is 97.0 cm³/mol. The summed E-state index contributed by atoms with van der Waals surface area (Å²) in [5, 5.41) is 12.0. The summed E-state index contributed by atoms with van der Waals surface area (Å²) in [5.74, 6) is -2.06. The molecule has 3 rings (SSSR count). The Balaban J connectivity index is 1.68. The summed E-state index contributed by atoms with van der Waals surface area (Å²) in [6, 6.07) is 12.6. The lowest BCUT2D eigenvalue weighted by Crippen LogP contribution is -2.17. The van der Waals surface area contributed by atoms with Crippen molar-refractivity contribution >= 4 is 11.8 Å². The molecule has 0 spiro atoms. The number of pyridine rings is 1. The molecule has 0 atom stereocenters. The fourth-order valence-electron chi connectivity index (χ4n) is 2.58. The molecule has 0 unspecified atom stereocenters. The molecule has 0 aliphatic heterocycles. The number of hydrogen-bond acceptors (Lipinski definition) is 4. The van der Waals surface area contributed by atoms with Crippen LogP contribution in [-0.4, -0.2) is 22.4 Å². The maximum Gasteiger partial charge on any atom is 0.573 e. The van der Waals surface area contributed by atoms with Crippen LogP contribution in [0, 0.1) is 5.82 Å². The largest absolute Gasteiger partial charge is 0.573 e. The van der Waals surface area contributed by atoms with Crippen LogP contribution in [0.25, 0.3) is 11.1 Å². The summed E-state index contributed by atoms with van der Waals surface area (Å²) in [6.45, 7) is 0.209. The van der Waals surface area contributed by atoms with Gasteiger partial charge in [-0.15, -0.1) is 13.2 Å². The molecule has 29 heavy (non-hydrogen) atoms. The van der Waals surface area contributed by atoms with E-state index >= 15 is 0 Å². The highest BCUT2D eigenvalue weighted by Gasteiger charge is 2.31. The molecule has 9 heteroatoms. The third-order valence-corrected chi connectivity index (χ3v) is 3.90. The second-order valence-corrected chi connectivity index (χ2v) is 5.98. The molecule has 5 nitrogen and oxygen atoms in total. The summed E-state index contributed by atoms with van der Waals surface area (Å²) >= 11 is 0. The molecule has 0 saturated heterocycles. The van der Waals surface area contributed by atoms with Crippen LogP contribution < -0.4 is 10.1 Å². The number of ether oxygens (including phenoxy) is 1. The van der Waals surface area contributed by atoms with Gasteiger partial charge in [0, 0.05) is 18.3 Å². The summed E-state index contributed by atoms with van der Waals surface area (Å²) < 4.78 is 54.3. The molecule has 3 aromatic rings. The number of rotatable bonds is 6. The van der Waals surface area contributed by atoms with E-state index in [9.17, 15) is 22.4 Å². The van der Waals surface area contributed by atoms with Crippen LogP contribution in [0.2, 0.25) is 0 Å². The topological polar surface area (TPSA) is 71.5 Å². The summed E-state index contributed by atoms with van der Waals surface area (Å²) in [5.41, 5.74) is 1.19. The first-order valence-electron chi connectivity index (χ1n) is 8.29. The quantitative estimate of drug-likeness (QED) is 0.558. The third kappa shape index (κ3) is 5.44. The van der Waals surface area contributed by atoms with Crippen LogP contribution in [0.4, 0.5) is 23.4 Å². The fourth-order valence-corrected chi connectivity index (χ4v) is 2.58. The predicted octanol–water partition coefficient (Wildman–Crippen LogP) is 5.10. The Morgan fingerprint density at radius 2 is 1.83 bits per heavy atom. The minimum atomic E-state index is -4.76. The summed E-state index contributed by atoms with van der Waals surface area (Å²) in [7, 11) is 0. The van der Waals surface area contributed by atoms with Crippen LogP contribution in [0.15, 0.2) is 60.8 Å². The maximum absolute atomic E-state index is 13.5. The van der Waals surface area contributed by atoms with Crippen molar-refractivity contribution in [1.29, 1.82) is 0 Å². The molecule has 0 radical (unpaired) electrons. The van der Waals surface area contributed by atoms with Gasteiger partial charge in [-0.05, 0) is 47.5 Å². The number of aromatic nitrogens is 1. The van der Waals surface area contributed by atoms with Gasteiger partial charge in [-0.25, -0.2) is 14.2 Å². The highest BCUT2D eigenvalue weighted by atomic mass is 19.4. The Kier molecular flexibility index (Phi) is 5.67. The maximum atomic E-state index is 13.5. The van der Waals surface area contributed by atoms with Gasteiger partial charge in [0.05, 0.1) is 5.56 Å². The Bertz CT molecular complexity index is 1020. The molecule has 0 saturated carbocycles. The molecule has 2 aromatic carbocycles. The Hall–Kier alpha value is -3.62. The van der Waals surface area contributed by atoms with Gasteiger partial charge in [-0.1, -0.05) is 18.2 Å². The smallest absolute Gasteiger partial charge is 0.478 e. The number of nitrogens with one attached hydrogen (secondary N) is 1. The van der Waals surface area contributed by atoms with Gasteiger partial charge in [-0.2, -0.15) is 0 Å². The average molecular weight is 406 g/mol. The van der Waals surface area contributed by atoms with E-state index in [1.54, 1.807) is 18.2 Å². The Morgan fingerprint density at radius 3 is 2.48 bits per heavy atom. The highest BCUT2D eigenvalue weighted by molar-refractivity contribution is 5.89. The van der Waals surface area contributed by atoms with E-state index in [0.29, 0.717) is 22.5 Å². The van der Waals surface area contributed by atoms with Crippen molar-refractivity contribution in [2.45, 2.75) is 12.9 Å². The number of alkyl halides is 3. The summed E-state index contributed by atoms with van der Waals surface area (Å²) in [6.07, 6.45) is -3.28. The monoisotopic (exact) mass is 406 g/mol. The van der Waals surface area contributed by atoms with Gasteiger partial charge in [0.15, 0.2) is 0 Å². The number of hydrogen-bond donors (Lipinski definition) is 2. The lowest BCUT2D eigenvalue weighted by atomic mass is 10.0. The van der Waals surface area contributed by atoms with Gasteiger partial charge < -0.3 is 15.2 Å². The van der Waals surface area contributed by atoms with Crippen molar-refractivity contribution in [1.82, 2.24) is 4.98 Å². The minimum absolute atomic E-state index is 0.209. The SMILES string of the molecule is O=C(O)c1cc(-c2ccc(NCc3cccc(OC(F)(F)F)c3)nc2)ccc1F. The molecule has 0 fully saturated rings. The van der Waals surface area contributed by atoms with Crippen LogP contribution in [0.1, 0.15) is 15.9 Å². The first kappa shape index (κ1) is 20.1. The normalized spacial score (nSPS) is 11.2. The molecular formula is C20H14F4N2O3. The number of halogens is 4. The van der Waals surface area contributed by atoms with Crippen LogP contribution in [0.5, 0.6) is 5.75 Å². The van der Waals surface area contributed by atoms with Crippen molar-refractivity contribution in [3.05, 3.63) is 77.7 Å². The van der Waals surface area contributed by atoms with Gasteiger partial charge >= 0.3 is 12.3 Å². The average Bonchev–Trinajstić information content (AvgIpc) is 2.66. The number of carboxylic acid groups (broad SMARTS) is 1. The Morgan fingerprint density at radius 1 is 1.07 bits per heavy atom. The first-order valence-corrected chi connectivity index (χ1v) is 8.29. The second kappa shape index (κ2) is 8.17. The van der Waals surface area contributed by atoms with E-state index in [2.05, 4.69) is 15.0 Å². The van der Waals surface area contributed by atoms with Crippen molar-refractivity contribution in [3.63, 3.8) is 0 Å². The number of nitrogens with zero attached hydrogens (tertiary/aromatic N) is 1. The fraction of sp³-hybridized carbons (Fsp3) is 0.100. The zero-order valence-corrected chi connectivity index (χ0v) is 14.7. The van der Waals surface area contributed by atoms with Gasteiger partial charge in [-0.3, -0.25) is 0 Å². The van der Waals surface area contributed by atoms with E-state index < -0.39 is 23.7 Å². The van der Waals surface area contributed by atoms with E-state index in [1.807, 2.05) is 0 Å². The molecule has 0 amide bonds. The van der Waals surface area contributed by atoms with Crippen molar-refractivity contribution in [2.24, 2.45) is 0 Å². The lowest BCUT2D eigenvalue weighted by Gasteiger charge is -2.11. The minimum Gasteiger partial charge on any atom is -0.478 e. The van der Waals surface area contributed by atoms with Crippen molar-refractivity contribution in [2.75, 3.05) is 5.32 Å². The zero-order valence-electron chi connectivity index (χ0n) is 14.7. The summed E-state index contributed by atoms with van der Waals surface area (Å²) in [4.78, 5) is 15.2. The molecule has 0 bridgehead atoms. The molecule has 1 heterocycles. The number of anilines is 1. The van der Waals surface area contributed by atoms with Crippen molar-refractivity contribution < 1.29 is 32.2 Å². The number of benzene rings is 2. The third-order valence-electron chi connectivity index (χ3n) is 3.90. The van der Waals surface area contributed by atoms with E-state index in [1.165, 1.54) is 36.5 Å². The highest BCUT2D eigenvalue weighted by Crippen LogP contribution is 2.25. The molecule has 2 N–H and O–H groups in total. The molecule has 0 aliphatic carbocycles. The standard InChI is InChI=1S/C20H14F4N2O3/c21-17-6-4-13(9-16(17)19(27)28)14-5-7-18(26-11-14)25-10-12-2-1-3-15(8-12)29-20(22,23)24/h1-9,11H,10H2,(H,25,26)(H,27,28). The van der Waals surface area contributed by atoms with Gasteiger partial charge in [0.1, 0.15) is 17.4 Å². The van der Waals surface area contributed by atoms with Crippen LogP contribution >= 0.6 is 0 Å². The van der Waals surface area contributed by atoms with Crippen molar-refractivity contribution in [3.8, 4) is 16.9 Å². The molecule has 0 aliphatic rings. The van der Waals surface area contributed by atoms with Gasteiger partial charge in [0.2, 0.25) is 0 Å². The number of carbonyl (C=O) groups is 1. The van der Waals surface area contributed by atoms with E-state index in [0.717, 1.165) is 6.07 Å². The van der Waals surface area contributed by atoms with E-state index in [4.69, 9.17) is 5.11 Å². The van der Waals surface area contributed by atoms with Crippen LogP contribution in [0.3, 0.4) is 0 Å². The number of carboxylic acids is 1. The Labute approximate surface area is 162 Å². The zero-order chi connectivity index (χ0) is 21.0.